The van der Waals surface area contributed by atoms with Crippen LogP contribution >= 0.6 is 0 Å². The monoisotopic (exact) mass is 254 g/mol. The first-order chi connectivity index (χ1) is 8.70. The van der Waals surface area contributed by atoms with Gasteiger partial charge in [0, 0.05) is 25.7 Å². The molecule has 4 nitrogen and oxygen atoms in total. The van der Waals surface area contributed by atoms with E-state index in [-0.39, 0.29) is 18.4 Å². The Labute approximate surface area is 106 Å². The van der Waals surface area contributed by atoms with Crippen molar-refractivity contribution in [1.82, 2.24) is 10.2 Å². The number of nitrogens with one attached hydrogen (secondary N) is 1. The van der Waals surface area contributed by atoms with Gasteiger partial charge in [-0.3, -0.25) is 4.90 Å². The zero-order chi connectivity index (χ0) is 13.0. The van der Waals surface area contributed by atoms with Crippen LogP contribution in [0.4, 0.5) is 4.39 Å². The minimum atomic E-state index is -0.476. The largest absolute Gasteiger partial charge is 0.508 e. The van der Waals surface area contributed by atoms with Gasteiger partial charge in [-0.15, -0.1) is 0 Å². The van der Waals surface area contributed by atoms with Crippen LogP contribution < -0.4 is 5.32 Å². The molecule has 0 aliphatic carbocycles. The maximum atomic E-state index is 13.3. The number of aliphatic hydroxyl groups excluding tert-OH is 1. The molecule has 1 aromatic rings. The minimum absolute atomic E-state index is 0.0805. The van der Waals surface area contributed by atoms with E-state index in [0.29, 0.717) is 5.56 Å². The fraction of sp³-hybridized carbons (Fsp3) is 0.538. The molecule has 1 fully saturated rings. The summed E-state index contributed by atoms with van der Waals surface area (Å²) < 4.78 is 13.3. The zero-order valence-corrected chi connectivity index (χ0v) is 10.3. The van der Waals surface area contributed by atoms with Crippen LogP contribution in [0.3, 0.4) is 0 Å². The summed E-state index contributed by atoms with van der Waals surface area (Å²) in [6.45, 7) is 3.40. The maximum Gasteiger partial charge on any atom is 0.127 e. The number of aromatic hydroxyl groups is 1. The van der Waals surface area contributed by atoms with Crippen molar-refractivity contribution >= 4 is 0 Å². The highest BCUT2D eigenvalue weighted by Gasteiger charge is 2.21. The summed E-state index contributed by atoms with van der Waals surface area (Å²) in [6.07, 6.45) is 0.998. The van der Waals surface area contributed by atoms with Gasteiger partial charge < -0.3 is 15.5 Å². The van der Waals surface area contributed by atoms with Crippen LogP contribution in [-0.2, 0) is 0 Å². The van der Waals surface area contributed by atoms with Gasteiger partial charge in [-0.05, 0) is 30.7 Å². The van der Waals surface area contributed by atoms with Crippen molar-refractivity contribution in [1.29, 1.82) is 0 Å². The second kappa shape index (κ2) is 6.13. The number of phenols is 1. The lowest BCUT2D eigenvalue weighted by Gasteiger charge is -2.29. The van der Waals surface area contributed by atoms with Gasteiger partial charge in [0.2, 0.25) is 0 Å². The van der Waals surface area contributed by atoms with Crippen molar-refractivity contribution in [2.75, 3.05) is 32.8 Å². The van der Waals surface area contributed by atoms with E-state index in [4.69, 9.17) is 0 Å². The standard InChI is InChI=1S/C13H19FN2O2/c14-11-6-10(7-12(18)8-11)13(9-17)16-4-1-2-15-3-5-16/h6-8,13,15,17-18H,1-5,9H2. The Balaban J connectivity index is 2.20. The van der Waals surface area contributed by atoms with Crippen molar-refractivity contribution in [3.05, 3.63) is 29.6 Å². The summed E-state index contributed by atoms with van der Waals surface area (Å²) in [5, 5.41) is 22.3. The van der Waals surface area contributed by atoms with E-state index in [1.807, 2.05) is 0 Å². The number of hydrogen-bond donors (Lipinski definition) is 3. The second-order valence-corrected chi connectivity index (χ2v) is 4.58. The predicted octanol–water partition coefficient (Wildman–Crippen LogP) is 0.860. The molecule has 0 saturated carbocycles. The van der Waals surface area contributed by atoms with Crippen LogP contribution in [-0.4, -0.2) is 47.9 Å². The molecule has 1 unspecified atom stereocenters. The van der Waals surface area contributed by atoms with Crippen LogP contribution in [0, 0.1) is 5.82 Å². The van der Waals surface area contributed by atoms with Crippen LogP contribution in [0.15, 0.2) is 18.2 Å². The summed E-state index contributed by atoms with van der Waals surface area (Å²) in [6, 6.07) is 3.70. The van der Waals surface area contributed by atoms with E-state index in [9.17, 15) is 14.6 Å². The second-order valence-electron chi connectivity index (χ2n) is 4.58. The van der Waals surface area contributed by atoms with Gasteiger partial charge in [0.1, 0.15) is 11.6 Å². The Morgan fingerprint density at radius 1 is 1.28 bits per heavy atom. The van der Waals surface area contributed by atoms with E-state index < -0.39 is 5.82 Å². The lowest BCUT2D eigenvalue weighted by atomic mass is 10.0. The van der Waals surface area contributed by atoms with E-state index in [1.165, 1.54) is 12.1 Å². The number of aliphatic hydroxyl groups is 1. The molecule has 0 spiro atoms. The molecule has 0 aromatic heterocycles. The third kappa shape index (κ3) is 3.19. The highest BCUT2D eigenvalue weighted by molar-refractivity contribution is 5.30. The Hall–Kier alpha value is -1.17. The molecule has 1 atom stereocenters. The quantitative estimate of drug-likeness (QED) is 0.749. The van der Waals surface area contributed by atoms with Gasteiger partial charge in [0.05, 0.1) is 12.6 Å². The minimum Gasteiger partial charge on any atom is -0.508 e. The normalized spacial score (nSPS) is 19.4. The molecule has 1 aromatic carbocycles. The fourth-order valence-electron chi connectivity index (χ4n) is 2.40. The van der Waals surface area contributed by atoms with Crippen molar-refractivity contribution in [3.8, 4) is 5.75 Å². The zero-order valence-electron chi connectivity index (χ0n) is 10.3. The van der Waals surface area contributed by atoms with E-state index in [1.54, 1.807) is 0 Å². The maximum absolute atomic E-state index is 13.3. The van der Waals surface area contributed by atoms with E-state index in [0.717, 1.165) is 38.7 Å². The van der Waals surface area contributed by atoms with Gasteiger partial charge in [-0.2, -0.15) is 0 Å². The van der Waals surface area contributed by atoms with Crippen molar-refractivity contribution in [2.24, 2.45) is 0 Å². The van der Waals surface area contributed by atoms with Crippen molar-refractivity contribution in [3.63, 3.8) is 0 Å². The molecule has 1 saturated heterocycles. The molecule has 0 bridgehead atoms. The SMILES string of the molecule is OCC(c1cc(O)cc(F)c1)N1CCCNCC1. The van der Waals surface area contributed by atoms with Crippen LogP contribution in [0.25, 0.3) is 0 Å². The smallest absolute Gasteiger partial charge is 0.127 e. The van der Waals surface area contributed by atoms with Crippen LogP contribution in [0.2, 0.25) is 0 Å². The molecule has 2 rings (SSSR count). The van der Waals surface area contributed by atoms with E-state index in [2.05, 4.69) is 10.2 Å². The van der Waals surface area contributed by atoms with Gasteiger partial charge in [0.15, 0.2) is 0 Å². The molecular weight excluding hydrogens is 235 g/mol. The fourth-order valence-corrected chi connectivity index (χ4v) is 2.40. The van der Waals surface area contributed by atoms with Crippen LogP contribution in [0.1, 0.15) is 18.0 Å². The summed E-state index contributed by atoms with van der Waals surface area (Å²) >= 11 is 0. The number of hydrogen-bond acceptors (Lipinski definition) is 4. The molecule has 1 aliphatic heterocycles. The van der Waals surface area contributed by atoms with Crippen molar-refractivity contribution < 1.29 is 14.6 Å². The molecule has 1 heterocycles. The number of halogens is 1. The summed E-state index contributed by atoms with van der Waals surface area (Å²) in [4.78, 5) is 2.12. The van der Waals surface area contributed by atoms with Crippen molar-refractivity contribution in [2.45, 2.75) is 12.5 Å². The average Bonchev–Trinajstić information content (AvgIpc) is 2.58. The molecule has 0 amide bonds. The lowest BCUT2D eigenvalue weighted by Crippen LogP contribution is -2.34. The lowest BCUT2D eigenvalue weighted by molar-refractivity contribution is 0.129. The molecule has 18 heavy (non-hydrogen) atoms. The summed E-state index contributed by atoms with van der Waals surface area (Å²) in [5.74, 6) is -0.576. The van der Waals surface area contributed by atoms with Gasteiger partial charge in [0.25, 0.3) is 0 Å². The van der Waals surface area contributed by atoms with E-state index >= 15 is 0 Å². The predicted molar refractivity (Wildman–Crippen MR) is 67.0 cm³/mol. The Kier molecular flexibility index (Phi) is 4.52. The molecule has 5 heteroatoms. The molecule has 1 aliphatic rings. The number of rotatable bonds is 3. The average molecular weight is 254 g/mol. The number of benzene rings is 1. The topological polar surface area (TPSA) is 55.7 Å². The molecular formula is C13H19FN2O2. The van der Waals surface area contributed by atoms with Gasteiger partial charge in [-0.1, -0.05) is 0 Å². The molecule has 3 N–H and O–H groups in total. The third-order valence-electron chi connectivity index (χ3n) is 3.28. The first-order valence-corrected chi connectivity index (χ1v) is 6.26. The Bertz CT molecular complexity index is 372. The third-order valence-corrected chi connectivity index (χ3v) is 3.28. The Morgan fingerprint density at radius 3 is 2.83 bits per heavy atom. The Morgan fingerprint density at radius 2 is 2.11 bits per heavy atom. The summed E-state index contributed by atoms with van der Waals surface area (Å²) in [5.41, 5.74) is 0.622. The van der Waals surface area contributed by atoms with Gasteiger partial charge in [-0.25, -0.2) is 4.39 Å². The first kappa shape index (κ1) is 13.3. The number of phenolic OH excluding ortho intramolecular Hbond substituents is 1. The van der Waals surface area contributed by atoms with Gasteiger partial charge >= 0.3 is 0 Å². The summed E-state index contributed by atoms with van der Waals surface area (Å²) in [7, 11) is 0. The molecule has 100 valence electrons. The molecule has 0 radical (unpaired) electrons. The first-order valence-electron chi connectivity index (χ1n) is 6.26. The number of nitrogens with zero attached hydrogens (tertiary/aromatic N) is 1. The highest BCUT2D eigenvalue weighted by Crippen LogP contribution is 2.25. The highest BCUT2D eigenvalue weighted by atomic mass is 19.1. The van der Waals surface area contributed by atoms with Crippen LogP contribution in [0.5, 0.6) is 5.75 Å².